The largest absolute Gasteiger partial charge is 0.465 e. The minimum atomic E-state index is -0.330. The molecule has 0 aliphatic carbocycles. The Hall–Kier alpha value is -3.80. The summed E-state index contributed by atoms with van der Waals surface area (Å²) in [5, 5.41) is 2.96. The number of nitrogens with zero attached hydrogens (tertiary/aromatic N) is 1. The third-order valence-electron chi connectivity index (χ3n) is 6.04. The Kier molecular flexibility index (Phi) is 6.93. The van der Waals surface area contributed by atoms with Gasteiger partial charge in [0.1, 0.15) is 0 Å². The number of rotatable bonds is 7. The van der Waals surface area contributed by atoms with Gasteiger partial charge in [0.25, 0.3) is 5.91 Å². The Morgan fingerprint density at radius 1 is 0.909 bits per heavy atom. The summed E-state index contributed by atoms with van der Waals surface area (Å²) in [7, 11) is 1.38. The summed E-state index contributed by atoms with van der Waals surface area (Å²) in [5.41, 5.74) is 11.7. The molecule has 6 nitrogen and oxygen atoms in total. The predicted molar refractivity (Wildman–Crippen MR) is 132 cm³/mol. The molecular formula is C27H29N3O3. The minimum absolute atomic E-state index is 0.202. The number of nitrogens with one attached hydrogen (secondary N) is 1. The lowest BCUT2D eigenvalue weighted by Gasteiger charge is -2.19. The summed E-state index contributed by atoms with van der Waals surface area (Å²) in [5.74, 6) is -0.532. The fraction of sp³-hybridized carbons (Fsp3) is 0.259. The summed E-state index contributed by atoms with van der Waals surface area (Å²) < 4.78 is 4.73. The maximum Gasteiger partial charge on any atom is 0.337 e. The number of amides is 1. The second-order valence-corrected chi connectivity index (χ2v) is 8.31. The van der Waals surface area contributed by atoms with Crippen LogP contribution in [0.1, 0.15) is 44.7 Å². The van der Waals surface area contributed by atoms with E-state index in [-0.39, 0.29) is 11.9 Å². The molecule has 0 aromatic heterocycles. The van der Waals surface area contributed by atoms with Crippen LogP contribution in [0.4, 0.5) is 17.1 Å². The standard InChI is InChI=1S/C27H29N3O3/c1-33-27(32)21-10-6-19(7-11-21)4-5-20-8-12-22(13-9-20)29-26(31)24-18-23(14-15-25(24)28)30-16-2-3-17-30/h6-15,18H,2-5,16-17,28H2,1H3,(H,29,31). The van der Waals surface area contributed by atoms with Crippen LogP contribution in [0.15, 0.2) is 66.7 Å². The molecule has 0 unspecified atom stereocenters. The zero-order chi connectivity index (χ0) is 23.2. The van der Waals surface area contributed by atoms with Crippen LogP contribution in [0, 0.1) is 0 Å². The molecule has 1 heterocycles. The summed E-state index contributed by atoms with van der Waals surface area (Å²) in [4.78, 5) is 26.7. The van der Waals surface area contributed by atoms with E-state index in [0.29, 0.717) is 16.8 Å². The minimum Gasteiger partial charge on any atom is -0.465 e. The third-order valence-corrected chi connectivity index (χ3v) is 6.04. The van der Waals surface area contributed by atoms with Crippen molar-refractivity contribution in [1.82, 2.24) is 0 Å². The third kappa shape index (κ3) is 5.52. The molecule has 3 N–H and O–H groups in total. The number of nitrogens with two attached hydrogens (primary N) is 1. The fourth-order valence-electron chi connectivity index (χ4n) is 4.08. The number of benzene rings is 3. The van der Waals surface area contributed by atoms with E-state index < -0.39 is 0 Å². The topological polar surface area (TPSA) is 84.7 Å². The number of hydrogen-bond acceptors (Lipinski definition) is 5. The molecule has 1 saturated heterocycles. The van der Waals surface area contributed by atoms with Gasteiger partial charge in [0, 0.05) is 30.2 Å². The lowest BCUT2D eigenvalue weighted by Crippen LogP contribution is -2.19. The fourth-order valence-corrected chi connectivity index (χ4v) is 4.08. The highest BCUT2D eigenvalue weighted by atomic mass is 16.5. The highest BCUT2D eigenvalue weighted by Crippen LogP contribution is 2.25. The molecule has 0 saturated carbocycles. The summed E-state index contributed by atoms with van der Waals surface area (Å²) >= 11 is 0. The number of hydrogen-bond donors (Lipinski definition) is 2. The number of anilines is 3. The molecule has 0 radical (unpaired) electrons. The van der Waals surface area contributed by atoms with Gasteiger partial charge in [-0.2, -0.15) is 0 Å². The summed E-state index contributed by atoms with van der Waals surface area (Å²) in [6.45, 7) is 2.03. The van der Waals surface area contributed by atoms with E-state index in [1.807, 2.05) is 54.6 Å². The quantitative estimate of drug-likeness (QED) is 0.409. The zero-order valence-electron chi connectivity index (χ0n) is 18.8. The van der Waals surface area contributed by atoms with E-state index >= 15 is 0 Å². The number of ether oxygens (including phenoxy) is 1. The molecule has 1 aliphatic heterocycles. The van der Waals surface area contributed by atoms with Crippen LogP contribution >= 0.6 is 0 Å². The van der Waals surface area contributed by atoms with Crippen LogP contribution in [0.25, 0.3) is 0 Å². The van der Waals surface area contributed by atoms with Crippen LogP contribution in [0.2, 0.25) is 0 Å². The molecule has 4 rings (SSSR count). The second-order valence-electron chi connectivity index (χ2n) is 8.31. The Bertz CT molecular complexity index is 1120. The van der Waals surface area contributed by atoms with Crippen LogP contribution in [-0.2, 0) is 17.6 Å². The zero-order valence-corrected chi connectivity index (χ0v) is 18.8. The Balaban J connectivity index is 1.35. The molecule has 3 aromatic rings. The highest BCUT2D eigenvalue weighted by molar-refractivity contribution is 6.08. The van der Waals surface area contributed by atoms with Crippen LogP contribution in [-0.4, -0.2) is 32.1 Å². The van der Waals surface area contributed by atoms with Gasteiger partial charge in [-0.1, -0.05) is 24.3 Å². The van der Waals surface area contributed by atoms with Gasteiger partial charge in [0.05, 0.1) is 18.2 Å². The number of carbonyl (C=O) groups is 2. The van der Waals surface area contributed by atoms with Crippen molar-refractivity contribution >= 4 is 28.9 Å². The summed E-state index contributed by atoms with van der Waals surface area (Å²) in [6.07, 6.45) is 4.07. The van der Waals surface area contributed by atoms with Gasteiger partial charge >= 0.3 is 5.97 Å². The van der Waals surface area contributed by atoms with E-state index in [0.717, 1.165) is 42.9 Å². The van der Waals surface area contributed by atoms with Gasteiger partial charge in [0.15, 0.2) is 0 Å². The molecule has 1 aliphatic rings. The first-order chi connectivity index (χ1) is 16.0. The first-order valence-electron chi connectivity index (χ1n) is 11.3. The molecule has 0 atom stereocenters. The SMILES string of the molecule is COC(=O)c1ccc(CCc2ccc(NC(=O)c3cc(N4CCCC4)ccc3N)cc2)cc1. The van der Waals surface area contributed by atoms with Gasteiger partial charge in [-0.25, -0.2) is 4.79 Å². The molecule has 3 aromatic carbocycles. The van der Waals surface area contributed by atoms with Gasteiger partial charge in [-0.3, -0.25) is 4.79 Å². The van der Waals surface area contributed by atoms with Crippen molar-refractivity contribution < 1.29 is 14.3 Å². The summed E-state index contributed by atoms with van der Waals surface area (Å²) in [6, 6.07) is 21.0. The van der Waals surface area contributed by atoms with E-state index in [4.69, 9.17) is 10.5 Å². The maximum absolute atomic E-state index is 12.9. The van der Waals surface area contributed by atoms with Crippen molar-refractivity contribution in [3.8, 4) is 0 Å². The Morgan fingerprint density at radius 2 is 1.52 bits per heavy atom. The molecular weight excluding hydrogens is 414 g/mol. The molecule has 1 fully saturated rings. The number of carbonyl (C=O) groups excluding carboxylic acids is 2. The number of nitrogen functional groups attached to an aromatic ring is 1. The monoisotopic (exact) mass is 443 g/mol. The van der Waals surface area contributed by atoms with Crippen molar-refractivity contribution in [2.24, 2.45) is 0 Å². The van der Waals surface area contributed by atoms with Crippen LogP contribution in [0.5, 0.6) is 0 Å². The van der Waals surface area contributed by atoms with Crippen molar-refractivity contribution in [3.05, 3.63) is 89.0 Å². The average molecular weight is 444 g/mol. The van der Waals surface area contributed by atoms with Gasteiger partial charge < -0.3 is 20.7 Å². The smallest absolute Gasteiger partial charge is 0.337 e. The molecule has 170 valence electrons. The molecule has 0 bridgehead atoms. The van der Waals surface area contributed by atoms with Crippen LogP contribution < -0.4 is 16.0 Å². The average Bonchev–Trinajstić information content (AvgIpc) is 3.39. The lowest BCUT2D eigenvalue weighted by molar-refractivity contribution is 0.0600. The van der Waals surface area contributed by atoms with Crippen molar-refractivity contribution in [2.45, 2.75) is 25.7 Å². The van der Waals surface area contributed by atoms with E-state index in [9.17, 15) is 9.59 Å². The first-order valence-corrected chi connectivity index (χ1v) is 11.3. The first kappa shape index (κ1) is 22.4. The van der Waals surface area contributed by atoms with Gasteiger partial charge in [-0.05, 0) is 79.3 Å². The lowest BCUT2D eigenvalue weighted by atomic mass is 10.0. The van der Waals surface area contributed by atoms with Crippen molar-refractivity contribution in [2.75, 3.05) is 36.1 Å². The Morgan fingerprint density at radius 3 is 2.12 bits per heavy atom. The van der Waals surface area contributed by atoms with Crippen molar-refractivity contribution in [1.29, 1.82) is 0 Å². The van der Waals surface area contributed by atoms with Crippen LogP contribution in [0.3, 0.4) is 0 Å². The molecule has 0 spiro atoms. The molecule has 33 heavy (non-hydrogen) atoms. The maximum atomic E-state index is 12.9. The van der Waals surface area contributed by atoms with E-state index in [2.05, 4.69) is 10.2 Å². The number of aryl methyl sites for hydroxylation is 2. The number of methoxy groups -OCH3 is 1. The van der Waals surface area contributed by atoms with Gasteiger partial charge in [0.2, 0.25) is 0 Å². The predicted octanol–water partition coefficient (Wildman–Crippen LogP) is 4.69. The second kappa shape index (κ2) is 10.2. The highest BCUT2D eigenvalue weighted by Gasteiger charge is 2.16. The van der Waals surface area contributed by atoms with E-state index in [1.165, 1.54) is 25.5 Å². The van der Waals surface area contributed by atoms with E-state index in [1.54, 1.807) is 12.1 Å². The normalized spacial score (nSPS) is 13.1. The van der Waals surface area contributed by atoms with Crippen molar-refractivity contribution in [3.63, 3.8) is 0 Å². The Labute approximate surface area is 194 Å². The molecule has 6 heteroatoms. The van der Waals surface area contributed by atoms with Gasteiger partial charge in [-0.15, -0.1) is 0 Å². The molecule has 1 amide bonds. The number of esters is 1.